The third kappa shape index (κ3) is 4.76. The fourth-order valence-electron chi connectivity index (χ4n) is 3.37. The topological polar surface area (TPSA) is 63.6 Å². The second-order valence-corrected chi connectivity index (χ2v) is 9.13. The predicted molar refractivity (Wildman–Crippen MR) is 120 cm³/mol. The molecule has 9 heteroatoms. The fourth-order valence-corrected chi connectivity index (χ4v) is 5.49. The lowest BCUT2D eigenvalue weighted by Gasteiger charge is -2.12. The van der Waals surface area contributed by atoms with E-state index in [0.717, 1.165) is 9.79 Å². The Morgan fingerprint density at radius 3 is 1.63 bits per heavy atom. The van der Waals surface area contributed by atoms with Crippen LogP contribution < -0.4 is 4.74 Å². The van der Waals surface area contributed by atoms with E-state index in [-0.39, 0.29) is 5.75 Å². The number of carbonyl (C=O) groups excluding carboxylic acids is 1. The summed E-state index contributed by atoms with van der Waals surface area (Å²) in [6.45, 7) is 0. The van der Waals surface area contributed by atoms with Gasteiger partial charge in [0.1, 0.15) is 16.9 Å². The molecule has 0 bridgehead atoms. The summed E-state index contributed by atoms with van der Waals surface area (Å²) in [5.41, 5.74) is -3.21. The van der Waals surface area contributed by atoms with Gasteiger partial charge in [-0.15, -0.1) is 0 Å². The number of carboxylic acids is 1. The number of benzene rings is 4. The number of carboxylic acid groups (broad SMARTS) is 1. The molecule has 0 fully saturated rings. The van der Waals surface area contributed by atoms with Crippen LogP contribution in [0.4, 0.5) is 17.6 Å². The van der Waals surface area contributed by atoms with Crippen LogP contribution >= 0.6 is 0 Å². The Morgan fingerprint density at radius 2 is 1.11 bits per heavy atom. The van der Waals surface area contributed by atoms with E-state index in [0.29, 0.717) is 4.90 Å². The number of ether oxygens (including phenoxy) is 1. The average Bonchev–Trinajstić information content (AvgIpc) is 2.86. The van der Waals surface area contributed by atoms with Crippen LogP contribution in [-0.4, -0.2) is 17.0 Å². The molecule has 0 spiro atoms. The minimum Gasteiger partial charge on any atom is -0.478 e. The first kappa shape index (κ1) is 24.0. The molecule has 4 aromatic carbocycles. The van der Waals surface area contributed by atoms with Gasteiger partial charge in [-0.05, 0) is 36.4 Å². The van der Waals surface area contributed by atoms with Gasteiger partial charge in [-0.1, -0.05) is 42.5 Å². The number of carbonyl (C=O) groups is 2. The quantitative estimate of drug-likeness (QED) is 0.0850. The minimum atomic E-state index is -2.34. The van der Waals surface area contributed by atoms with Crippen LogP contribution in [0, 0.1) is 23.3 Å². The van der Waals surface area contributed by atoms with Gasteiger partial charge < -0.3 is 9.84 Å². The molecular weight excluding hydrogens is 484 g/mol. The molecule has 0 saturated carbocycles. The molecule has 0 atom stereocenters. The summed E-state index contributed by atoms with van der Waals surface area (Å²) in [6, 6.07) is 25.1. The molecule has 4 rings (SSSR count). The molecule has 35 heavy (non-hydrogen) atoms. The zero-order valence-electron chi connectivity index (χ0n) is 17.7. The molecule has 0 aliphatic rings. The summed E-state index contributed by atoms with van der Waals surface area (Å²) in [6.07, 6.45) is 0. The zero-order chi connectivity index (χ0) is 25.1. The van der Waals surface area contributed by atoms with Crippen molar-refractivity contribution in [2.45, 2.75) is 14.7 Å². The van der Waals surface area contributed by atoms with Crippen molar-refractivity contribution in [3.05, 3.63) is 119 Å². The van der Waals surface area contributed by atoms with Crippen molar-refractivity contribution in [3.8, 4) is 5.75 Å². The summed E-state index contributed by atoms with van der Waals surface area (Å²) < 4.78 is 60.7. The Kier molecular flexibility index (Phi) is 6.88. The normalized spacial score (nSPS) is 10.9. The number of hydrogen-bond donors (Lipinski definition) is 1. The molecule has 0 aliphatic heterocycles. The van der Waals surface area contributed by atoms with Gasteiger partial charge in [0.25, 0.3) is 0 Å². The molecule has 0 saturated heterocycles. The second kappa shape index (κ2) is 10.0. The van der Waals surface area contributed by atoms with Gasteiger partial charge in [-0.25, -0.2) is 27.2 Å². The Labute approximate surface area is 199 Å². The van der Waals surface area contributed by atoms with Gasteiger partial charge in [0.15, 0.2) is 38.0 Å². The predicted octanol–water partition coefficient (Wildman–Crippen LogP) is 6.26. The second-order valence-electron chi connectivity index (χ2n) is 7.11. The SMILES string of the molecule is O=C(O)c1c(F)c(F)c(F)c(F)c1C(=O)Oc1cccc([S+](c2ccccc2)c2ccccc2)c1. The van der Waals surface area contributed by atoms with Crippen molar-refractivity contribution >= 4 is 22.8 Å². The highest BCUT2D eigenvalue weighted by Gasteiger charge is 2.34. The summed E-state index contributed by atoms with van der Waals surface area (Å²) in [4.78, 5) is 26.6. The highest BCUT2D eigenvalue weighted by atomic mass is 32.2. The standard InChI is InChI=1S/C26H14F4O4S/c27-21-19(25(31)32)20(22(28)24(30)23(21)29)26(33)34-15-8-7-13-18(14-15)35(16-9-3-1-4-10-16)17-11-5-2-6-12-17/h1-14H/p+1. The number of halogens is 4. The number of hydrogen-bond acceptors (Lipinski definition) is 3. The van der Waals surface area contributed by atoms with Gasteiger partial charge in [-0.2, -0.15) is 0 Å². The Balaban J connectivity index is 1.75. The minimum absolute atomic E-state index is 0.127. The molecular formula is C26H15F4O4S+. The van der Waals surface area contributed by atoms with E-state index in [1.54, 1.807) is 12.1 Å². The van der Waals surface area contributed by atoms with E-state index in [1.807, 2.05) is 60.7 Å². The first-order valence-electron chi connectivity index (χ1n) is 10.1. The summed E-state index contributed by atoms with van der Waals surface area (Å²) in [5.74, 6) is -13.0. The van der Waals surface area contributed by atoms with Crippen LogP contribution in [0.25, 0.3) is 0 Å². The van der Waals surface area contributed by atoms with Gasteiger partial charge in [0, 0.05) is 6.07 Å². The maximum atomic E-state index is 14.3. The van der Waals surface area contributed by atoms with Crippen molar-refractivity contribution in [2.75, 3.05) is 0 Å². The van der Waals surface area contributed by atoms with E-state index in [2.05, 4.69) is 0 Å². The van der Waals surface area contributed by atoms with Gasteiger partial charge in [0.2, 0.25) is 0 Å². The van der Waals surface area contributed by atoms with Crippen molar-refractivity contribution in [3.63, 3.8) is 0 Å². The van der Waals surface area contributed by atoms with E-state index in [1.165, 1.54) is 12.1 Å². The van der Waals surface area contributed by atoms with Crippen LogP contribution in [0.1, 0.15) is 20.7 Å². The van der Waals surface area contributed by atoms with Crippen LogP contribution in [0.3, 0.4) is 0 Å². The van der Waals surface area contributed by atoms with Crippen molar-refractivity contribution in [2.24, 2.45) is 0 Å². The zero-order valence-corrected chi connectivity index (χ0v) is 18.5. The first-order valence-corrected chi connectivity index (χ1v) is 11.3. The van der Waals surface area contributed by atoms with E-state index in [4.69, 9.17) is 9.84 Å². The van der Waals surface area contributed by atoms with Crippen LogP contribution in [0.5, 0.6) is 5.75 Å². The van der Waals surface area contributed by atoms with Gasteiger partial charge in [-0.3, -0.25) is 0 Å². The molecule has 0 heterocycles. The molecule has 1 N–H and O–H groups in total. The van der Waals surface area contributed by atoms with E-state index < -0.39 is 57.2 Å². The lowest BCUT2D eigenvalue weighted by atomic mass is 10.1. The lowest BCUT2D eigenvalue weighted by molar-refractivity contribution is 0.0656. The van der Waals surface area contributed by atoms with Crippen LogP contribution in [-0.2, 0) is 10.9 Å². The first-order chi connectivity index (χ1) is 16.8. The highest BCUT2D eigenvalue weighted by Crippen LogP contribution is 2.33. The van der Waals surface area contributed by atoms with E-state index >= 15 is 0 Å². The molecule has 176 valence electrons. The van der Waals surface area contributed by atoms with Crippen LogP contribution in [0.15, 0.2) is 99.6 Å². The Morgan fingerprint density at radius 1 is 0.629 bits per heavy atom. The monoisotopic (exact) mass is 499 g/mol. The number of aromatic carboxylic acids is 1. The van der Waals surface area contributed by atoms with Crippen molar-refractivity contribution in [1.29, 1.82) is 0 Å². The number of esters is 1. The molecule has 4 aromatic rings. The lowest BCUT2D eigenvalue weighted by Crippen LogP contribution is -2.21. The highest BCUT2D eigenvalue weighted by molar-refractivity contribution is 7.97. The maximum absolute atomic E-state index is 14.3. The number of rotatable bonds is 6. The molecule has 0 aromatic heterocycles. The summed E-state index contributed by atoms with van der Waals surface area (Å²) in [7, 11) is -0.640. The third-order valence-electron chi connectivity index (χ3n) is 4.89. The Bertz CT molecular complexity index is 1370. The summed E-state index contributed by atoms with van der Waals surface area (Å²) in [5, 5.41) is 9.17. The van der Waals surface area contributed by atoms with Crippen molar-refractivity contribution in [1.82, 2.24) is 0 Å². The smallest absolute Gasteiger partial charge is 0.347 e. The molecule has 0 unspecified atom stereocenters. The maximum Gasteiger partial charge on any atom is 0.347 e. The van der Waals surface area contributed by atoms with Gasteiger partial charge in [0.05, 0.1) is 10.9 Å². The fraction of sp³-hybridized carbons (Fsp3) is 0. The van der Waals surface area contributed by atoms with Crippen LogP contribution in [0.2, 0.25) is 0 Å². The Hall–Kier alpha value is -4.11. The van der Waals surface area contributed by atoms with E-state index in [9.17, 15) is 27.2 Å². The third-order valence-corrected chi connectivity index (χ3v) is 7.11. The van der Waals surface area contributed by atoms with Gasteiger partial charge >= 0.3 is 11.9 Å². The molecule has 4 nitrogen and oxygen atoms in total. The largest absolute Gasteiger partial charge is 0.478 e. The molecule has 0 amide bonds. The van der Waals surface area contributed by atoms with Crippen molar-refractivity contribution < 1.29 is 37.0 Å². The molecule has 0 radical (unpaired) electrons. The molecule has 0 aliphatic carbocycles. The average molecular weight is 499 g/mol. The summed E-state index contributed by atoms with van der Waals surface area (Å²) >= 11 is 0.